The van der Waals surface area contributed by atoms with Crippen LogP contribution in [0, 0.1) is 11.7 Å². The van der Waals surface area contributed by atoms with Crippen molar-refractivity contribution in [3.05, 3.63) is 65.5 Å². The summed E-state index contributed by atoms with van der Waals surface area (Å²) in [7, 11) is 1.60. The molecule has 2 atom stereocenters. The molecule has 0 unspecified atom stereocenters. The van der Waals surface area contributed by atoms with Crippen LogP contribution in [-0.4, -0.2) is 30.4 Å². The molecule has 1 fully saturated rings. The van der Waals surface area contributed by atoms with Crippen LogP contribution in [0.1, 0.15) is 36.9 Å². The molecule has 0 spiro atoms. The van der Waals surface area contributed by atoms with E-state index in [9.17, 15) is 14.0 Å². The minimum absolute atomic E-state index is 0.0463. The molecule has 0 aliphatic carbocycles. The van der Waals surface area contributed by atoms with E-state index < -0.39 is 17.8 Å². The average molecular weight is 384 g/mol. The molecule has 0 saturated carbocycles. The van der Waals surface area contributed by atoms with Crippen LogP contribution in [0.3, 0.4) is 0 Å². The van der Waals surface area contributed by atoms with E-state index in [-0.39, 0.29) is 11.8 Å². The molecule has 28 heavy (non-hydrogen) atoms. The Morgan fingerprint density at radius 1 is 1.21 bits per heavy atom. The first-order valence-electron chi connectivity index (χ1n) is 9.49. The topological polar surface area (TPSA) is 58.6 Å². The van der Waals surface area contributed by atoms with Crippen molar-refractivity contribution in [3.8, 4) is 5.75 Å². The van der Waals surface area contributed by atoms with Gasteiger partial charge in [-0.1, -0.05) is 30.3 Å². The van der Waals surface area contributed by atoms with Crippen LogP contribution in [0.4, 0.5) is 4.39 Å². The highest BCUT2D eigenvalue weighted by atomic mass is 19.1. The number of carbonyl (C=O) groups is 2. The van der Waals surface area contributed by atoms with Crippen molar-refractivity contribution in [3.63, 3.8) is 0 Å². The highest BCUT2D eigenvalue weighted by Gasteiger charge is 2.40. The molecule has 0 radical (unpaired) electrons. The Balaban J connectivity index is 1.79. The van der Waals surface area contributed by atoms with E-state index in [1.54, 1.807) is 30.2 Å². The molecule has 1 heterocycles. The zero-order valence-electron chi connectivity index (χ0n) is 16.2. The molecule has 148 valence electrons. The highest BCUT2D eigenvalue weighted by Crippen LogP contribution is 2.37. The van der Waals surface area contributed by atoms with E-state index in [4.69, 9.17) is 4.74 Å². The van der Waals surface area contributed by atoms with Gasteiger partial charge in [0, 0.05) is 25.1 Å². The maximum absolute atomic E-state index is 14.5. The molecule has 3 rings (SSSR count). The van der Waals surface area contributed by atoms with Crippen LogP contribution in [-0.2, 0) is 16.1 Å². The molecule has 1 aliphatic heterocycles. The molecule has 2 aromatic carbocycles. The fourth-order valence-electron chi connectivity index (χ4n) is 3.76. The molecular formula is C22H25FN2O3. The van der Waals surface area contributed by atoms with Gasteiger partial charge in [0.1, 0.15) is 11.6 Å². The van der Waals surface area contributed by atoms with Crippen LogP contribution in [0.2, 0.25) is 0 Å². The first-order valence-corrected chi connectivity index (χ1v) is 9.49. The van der Waals surface area contributed by atoms with Crippen LogP contribution in [0.15, 0.2) is 48.5 Å². The number of carbonyl (C=O) groups excluding carboxylic acids is 2. The van der Waals surface area contributed by atoms with Gasteiger partial charge in [-0.25, -0.2) is 4.39 Å². The Labute approximate surface area is 164 Å². The van der Waals surface area contributed by atoms with Gasteiger partial charge in [-0.05, 0) is 37.1 Å². The number of ether oxygens (including phenoxy) is 1. The molecule has 1 aliphatic rings. The van der Waals surface area contributed by atoms with Gasteiger partial charge in [0.05, 0.1) is 19.1 Å². The van der Waals surface area contributed by atoms with Crippen LogP contribution in [0.25, 0.3) is 0 Å². The summed E-state index contributed by atoms with van der Waals surface area (Å²) in [4.78, 5) is 27.0. The van der Waals surface area contributed by atoms with Crippen molar-refractivity contribution in [1.82, 2.24) is 10.2 Å². The van der Waals surface area contributed by atoms with Crippen molar-refractivity contribution in [2.75, 3.05) is 13.7 Å². The minimum Gasteiger partial charge on any atom is -0.497 e. The van der Waals surface area contributed by atoms with Crippen molar-refractivity contribution in [2.24, 2.45) is 5.92 Å². The fourth-order valence-corrected chi connectivity index (χ4v) is 3.76. The van der Waals surface area contributed by atoms with Gasteiger partial charge in [0.15, 0.2) is 0 Å². The second kappa shape index (κ2) is 8.87. The number of nitrogens with one attached hydrogen (secondary N) is 1. The summed E-state index contributed by atoms with van der Waals surface area (Å²) in [6.07, 6.45) is 0.697. The Hall–Kier alpha value is -2.89. The van der Waals surface area contributed by atoms with E-state index in [0.29, 0.717) is 31.5 Å². The third-order valence-electron chi connectivity index (χ3n) is 5.23. The Kier molecular flexibility index (Phi) is 6.29. The number of likely N-dealkylation sites (tertiary alicyclic amines) is 1. The lowest BCUT2D eigenvalue weighted by molar-refractivity contribution is -0.143. The summed E-state index contributed by atoms with van der Waals surface area (Å²) in [5.74, 6) is -0.356. The minimum atomic E-state index is -0.594. The quantitative estimate of drug-likeness (QED) is 0.830. The van der Waals surface area contributed by atoms with Gasteiger partial charge in [0.25, 0.3) is 0 Å². The van der Waals surface area contributed by atoms with Gasteiger partial charge < -0.3 is 15.0 Å². The summed E-state index contributed by atoms with van der Waals surface area (Å²) in [6.45, 7) is 2.65. The molecular weight excluding hydrogens is 359 g/mol. The molecule has 0 bridgehead atoms. The molecule has 5 nitrogen and oxygen atoms in total. The lowest BCUT2D eigenvalue weighted by Crippen LogP contribution is -2.48. The van der Waals surface area contributed by atoms with Gasteiger partial charge in [0.2, 0.25) is 11.8 Å². The predicted octanol–water partition coefficient (Wildman–Crippen LogP) is 3.45. The lowest BCUT2D eigenvalue weighted by Gasteiger charge is -2.40. The van der Waals surface area contributed by atoms with Gasteiger partial charge >= 0.3 is 0 Å². The van der Waals surface area contributed by atoms with Crippen molar-refractivity contribution in [2.45, 2.75) is 32.4 Å². The largest absolute Gasteiger partial charge is 0.497 e. The van der Waals surface area contributed by atoms with Crippen LogP contribution < -0.4 is 10.1 Å². The number of nitrogens with zero attached hydrogens (tertiary/aromatic N) is 1. The second-order valence-corrected chi connectivity index (χ2v) is 6.86. The normalized spacial score (nSPS) is 19.4. The standard InChI is InChI=1S/C22H25FN2O3/c1-3-25-20(26)13-12-18(21(25)17-6-4-5-7-19(17)23)22(27)24-14-15-8-10-16(28-2)11-9-15/h4-11,18,21H,3,12-14H2,1-2H3,(H,24,27)/t18-,21+/m1/s1. The van der Waals surface area contributed by atoms with E-state index in [0.717, 1.165) is 11.3 Å². The van der Waals surface area contributed by atoms with E-state index >= 15 is 0 Å². The SMILES string of the molecule is CCN1C(=O)CC[C@@H](C(=O)NCc2ccc(OC)cc2)[C@@H]1c1ccccc1F. The van der Waals surface area contributed by atoms with Gasteiger partial charge in [-0.15, -0.1) is 0 Å². The maximum atomic E-state index is 14.5. The molecule has 6 heteroatoms. The third-order valence-corrected chi connectivity index (χ3v) is 5.23. The highest BCUT2D eigenvalue weighted by molar-refractivity contribution is 5.85. The molecule has 2 amide bonds. The van der Waals surface area contributed by atoms with Gasteiger partial charge in [-0.3, -0.25) is 9.59 Å². The summed E-state index contributed by atoms with van der Waals surface area (Å²) >= 11 is 0. The number of methoxy groups -OCH3 is 1. The van der Waals surface area contributed by atoms with Crippen molar-refractivity contribution < 1.29 is 18.7 Å². The van der Waals surface area contributed by atoms with Crippen LogP contribution >= 0.6 is 0 Å². The summed E-state index contributed by atoms with van der Waals surface area (Å²) in [5, 5.41) is 2.94. The molecule has 1 N–H and O–H groups in total. The van der Waals surface area contributed by atoms with E-state index in [1.807, 2.05) is 31.2 Å². The number of rotatable bonds is 6. The first-order chi connectivity index (χ1) is 13.5. The summed E-state index contributed by atoms with van der Waals surface area (Å²) in [5.41, 5.74) is 1.33. The molecule has 1 saturated heterocycles. The zero-order chi connectivity index (χ0) is 20.1. The predicted molar refractivity (Wildman–Crippen MR) is 104 cm³/mol. The van der Waals surface area contributed by atoms with E-state index in [2.05, 4.69) is 5.32 Å². The number of hydrogen-bond acceptors (Lipinski definition) is 3. The first kappa shape index (κ1) is 19.9. The number of halogens is 1. The molecule has 0 aromatic heterocycles. The summed E-state index contributed by atoms with van der Waals surface area (Å²) in [6, 6.07) is 13.2. The third kappa shape index (κ3) is 4.16. The lowest BCUT2D eigenvalue weighted by atomic mass is 9.83. The fraction of sp³-hybridized carbons (Fsp3) is 0.364. The smallest absolute Gasteiger partial charge is 0.225 e. The van der Waals surface area contributed by atoms with Crippen molar-refractivity contribution >= 4 is 11.8 Å². The monoisotopic (exact) mass is 384 g/mol. The van der Waals surface area contributed by atoms with E-state index in [1.165, 1.54) is 6.07 Å². The van der Waals surface area contributed by atoms with Gasteiger partial charge in [-0.2, -0.15) is 0 Å². The Bertz CT molecular complexity index is 838. The Morgan fingerprint density at radius 3 is 2.57 bits per heavy atom. The molecule has 2 aromatic rings. The maximum Gasteiger partial charge on any atom is 0.225 e. The second-order valence-electron chi connectivity index (χ2n) is 6.86. The van der Waals surface area contributed by atoms with Crippen molar-refractivity contribution in [1.29, 1.82) is 0 Å². The average Bonchev–Trinajstić information content (AvgIpc) is 2.72. The number of hydrogen-bond donors (Lipinski definition) is 1. The number of amides is 2. The van der Waals surface area contributed by atoms with Crippen LogP contribution in [0.5, 0.6) is 5.75 Å². The number of piperidine rings is 1. The zero-order valence-corrected chi connectivity index (χ0v) is 16.2. The Morgan fingerprint density at radius 2 is 1.93 bits per heavy atom. The number of benzene rings is 2. The summed E-state index contributed by atoms with van der Waals surface area (Å²) < 4.78 is 19.6.